The van der Waals surface area contributed by atoms with E-state index in [1.165, 1.54) is 16.7 Å². The van der Waals surface area contributed by atoms with Crippen molar-refractivity contribution < 1.29 is 0 Å². The molecule has 0 aliphatic heterocycles. The van der Waals surface area contributed by atoms with E-state index in [0.29, 0.717) is 6.04 Å². The molecule has 0 aromatic carbocycles. The summed E-state index contributed by atoms with van der Waals surface area (Å²) in [5, 5.41) is 3.37. The van der Waals surface area contributed by atoms with Gasteiger partial charge < -0.3 is 5.32 Å². The van der Waals surface area contributed by atoms with Crippen molar-refractivity contribution in [3.05, 3.63) is 59.7 Å². The molecule has 94 valence electrons. The van der Waals surface area contributed by atoms with Crippen molar-refractivity contribution in [2.24, 2.45) is 0 Å². The highest BCUT2D eigenvalue weighted by atomic mass is 14.9. The molecule has 0 radical (unpaired) electrons. The zero-order valence-corrected chi connectivity index (χ0v) is 10.9. The van der Waals surface area contributed by atoms with E-state index in [9.17, 15) is 0 Å². The summed E-state index contributed by atoms with van der Waals surface area (Å²) in [5.74, 6) is 0. The third-order valence-electron chi connectivity index (χ3n) is 3.27. The molecule has 3 heteroatoms. The van der Waals surface area contributed by atoms with Crippen LogP contribution in [-0.4, -0.2) is 17.0 Å². The number of aromatic nitrogens is 2. The van der Waals surface area contributed by atoms with Gasteiger partial charge in [0.05, 0.1) is 0 Å². The standard InChI is InChI=1S/C15H19N3/c1-12-5-8-18-11-14(12)15(16-2)4-3-13-6-9-17-10-7-13/h5-11,15-16H,3-4H2,1-2H3. The Labute approximate surface area is 108 Å². The molecule has 18 heavy (non-hydrogen) atoms. The molecule has 0 saturated carbocycles. The zero-order chi connectivity index (χ0) is 12.8. The molecule has 0 aliphatic rings. The Kier molecular flexibility index (Phi) is 4.42. The zero-order valence-electron chi connectivity index (χ0n) is 10.9. The van der Waals surface area contributed by atoms with Crippen LogP contribution in [0.25, 0.3) is 0 Å². The number of nitrogens with one attached hydrogen (secondary N) is 1. The van der Waals surface area contributed by atoms with Crippen LogP contribution < -0.4 is 5.32 Å². The average molecular weight is 241 g/mol. The van der Waals surface area contributed by atoms with Crippen LogP contribution in [0.1, 0.15) is 29.2 Å². The summed E-state index contributed by atoms with van der Waals surface area (Å²) in [6.45, 7) is 2.13. The van der Waals surface area contributed by atoms with Crippen molar-refractivity contribution in [3.8, 4) is 0 Å². The summed E-state index contributed by atoms with van der Waals surface area (Å²) in [6, 6.07) is 6.56. The molecule has 2 aromatic heterocycles. The Bertz CT molecular complexity index is 482. The number of aryl methyl sites for hydroxylation is 2. The van der Waals surface area contributed by atoms with Gasteiger partial charge in [-0.25, -0.2) is 0 Å². The van der Waals surface area contributed by atoms with Crippen LogP contribution in [0.2, 0.25) is 0 Å². The molecule has 2 heterocycles. The second kappa shape index (κ2) is 6.26. The minimum absolute atomic E-state index is 0.354. The number of pyridine rings is 2. The third-order valence-corrected chi connectivity index (χ3v) is 3.27. The fourth-order valence-electron chi connectivity index (χ4n) is 2.16. The predicted molar refractivity (Wildman–Crippen MR) is 73.3 cm³/mol. The SMILES string of the molecule is CNC(CCc1ccncc1)c1cnccc1C. The normalized spacial score (nSPS) is 12.3. The Morgan fingerprint density at radius 1 is 1.11 bits per heavy atom. The van der Waals surface area contributed by atoms with E-state index in [1.807, 2.05) is 31.8 Å². The van der Waals surface area contributed by atoms with Gasteiger partial charge >= 0.3 is 0 Å². The van der Waals surface area contributed by atoms with Crippen LogP contribution in [0, 0.1) is 6.92 Å². The quantitative estimate of drug-likeness (QED) is 0.874. The molecule has 1 unspecified atom stereocenters. The van der Waals surface area contributed by atoms with Gasteiger partial charge in [0, 0.05) is 30.8 Å². The van der Waals surface area contributed by atoms with Gasteiger partial charge in [-0.2, -0.15) is 0 Å². The largest absolute Gasteiger partial charge is 0.313 e. The Morgan fingerprint density at radius 3 is 2.50 bits per heavy atom. The predicted octanol–water partition coefficient (Wildman–Crippen LogP) is 2.68. The monoisotopic (exact) mass is 241 g/mol. The van der Waals surface area contributed by atoms with Crippen LogP contribution in [0.5, 0.6) is 0 Å². The molecule has 0 aliphatic carbocycles. The van der Waals surface area contributed by atoms with Crippen LogP contribution in [0.3, 0.4) is 0 Å². The number of hydrogen-bond donors (Lipinski definition) is 1. The molecular formula is C15H19N3. The van der Waals surface area contributed by atoms with Crippen molar-refractivity contribution >= 4 is 0 Å². The van der Waals surface area contributed by atoms with Gasteiger partial charge in [0.2, 0.25) is 0 Å². The number of hydrogen-bond acceptors (Lipinski definition) is 3. The second-order valence-electron chi connectivity index (χ2n) is 4.47. The van der Waals surface area contributed by atoms with Crippen LogP contribution >= 0.6 is 0 Å². The summed E-state index contributed by atoms with van der Waals surface area (Å²) >= 11 is 0. The second-order valence-corrected chi connectivity index (χ2v) is 4.47. The van der Waals surface area contributed by atoms with Gasteiger partial charge in [-0.3, -0.25) is 9.97 Å². The highest BCUT2D eigenvalue weighted by molar-refractivity contribution is 5.25. The molecule has 2 aromatic rings. The van der Waals surface area contributed by atoms with Crippen molar-refractivity contribution in [1.29, 1.82) is 0 Å². The van der Waals surface area contributed by atoms with Gasteiger partial charge in [0.15, 0.2) is 0 Å². The van der Waals surface area contributed by atoms with Crippen molar-refractivity contribution in [3.63, 3.8) is 0 Å². The van der Waals surface area contributed by atoms with Crippen LogP contribution in [-0.2, 0) is 6.42 Å². The lowest BCUT2D eigenvalue weighted by molar-refractivity contribution is 0.545. The molecule has 0 fully saturated rings. The van der Waals surface area contributed by atoms with E-state index in [4.69, 9.17) is 0 Å². The molecule has 0 bridgehead atoms. The van der Waals surface area contributed by atoms with Gasteiger partial charge in [0.1, 0.15) is 0 Å². The third kappa shape index (κ3) is 3.14. The van der Waals surface area contributed by atoms with E-state index in [0.717, 1.165) is 12.8 Å². The average Bonchev–Trinajstić information content (AvgIpc) is 2.42. The van der Waals surface area contributed by atoms with Crippen molar-refractivity contribution in [2.45, 2.75) is 25.8 Å². The molecule has 3 nitrogen and oxygen atoms in total. The first-order valence-electron chi connectivity index (χ1n) is 6.28. The minimum atomic E-state index is 0.354. The molecule has 0 saturated heterocycles. The van der Waals surface area contributed by atoms with Gasteiger partial charge in [0.25, 0.3) is 0 Å². The number of rotatable bonds is 5. The lowest BCUT2D eigenvalue weighted by Gasteiger charge is -2.18. The fourth-order valence-corrected chi connectivity index (χ4v) is 2.16. The summed E-state index contributed by atoms with van der Waals surface area (Å²) in [7, 11) is 2.00. The summed E-state index contributed by atoms with van der Waals surface area (Å²) in [5.41, 5.74) is 3.90. The van der Waals surface area contributed by atoms with Crippen LogP contribution in [0.4, 0.5) is 0 Å². The van der Waals surface area contributed by atoms with E-state index in [2.05, 4.69) is 40.4 Å². The Morgan fingerprint density at radius 2 is 1.83 bits per heavy atom. The molecule has 0 spiro atoms. The lowest BCUT2D eigenvalue weighted by atomic mass is 9.98. The van der Waals surface area contributed by atoms with Gasteiger partial charge in [-0.1, -0.05) is 0 Å². The molecular weight excluding hydrogens is 222 g/mol. The Hall–Kier alpha value is -1.74. The first-order valence-corrected chi connectivity index (χ1v) is 6.28. The lowest BCUT2D eigenvalue weighted by Crippen LogP contribution is -2.18. The van der Waals surface area contributed by atoms with E-state index >= 15 is 0 Å². The molecule has 1 atom stereocenters. The topological polar surface area (TPSA) is 37.8 Å². The minimum Gasteiger partial charge on any atom is -0.313 e. The maximum Gasteiger partial charge on any atom is 0.0338 e. The van der Waals surface area contributed by atoms with Gasteiger partial charge in [-0.15, -0.1) is 0 Å². The molecule has 2 rings (SSSR count). The van der Waals surface area contributed by atoms with E-state index in [-0.39, 0.29) is 0 Å². The summed E-state index contributed by atoms with van der Waals surface area (Å²) in [4.78, 5) is 8.26. The summed E-state index contributed by atoms with van der Waals surface area (Å²) < 4.78 is 0. The van der Waals surface area contributed by atoms with E-state index < -0.39 is 0 Å². The first-order chi connectivity index (χ1) is 8.81. The van der Waals surface area contributed by atoms with Gasteiger partial charge in [-0.05, 0) is 61.7 Å². The van der Waals surface area contributed by atoms with Crippen molar-refractivity contribution in [1.82, 2.24) is 15.3 Å². The number of nitrogens with zero attached hydrogens (tertiary/aromatic N) is 2. The highest BCUT2D eigenvalue weighted by Crippen LogP contribution is 2.20. The molecule has 0 amide bonds. The smallest absolute Gasteiger partial charge is 0.0338 e. The van der Waals surface area contributed by atoms with Crippen molar-refractivity contribution in [2.75, 3.05) is 7.05 Å². The first kappa shape index (κ1) is 12.7. The fraction of sp³-hybridized carbons (Fsp3) is 0.333. The molecule has 1 N–H and O–H groups in total. The van der Waals surface area contributed by atoms with E-state index in [1.54, 1.807) is 0 Å². The highest BCUT2D eigenvalue weighted by Gasteiger charge is 2.11. The Balaban J connectivity index is 2.04. The summed E-state index contributed by atoms with van der Waals surface area (Å²) in [6.07, 6.45) is 9.60. The van der Waals surface area contributed by atoms with Crippen LogP contribution in [0.15, 0.2) is 43.0 Å². The maximum absolute atomic E-state index is 4.22. The maximum atomic E-state index is 4.22.